The summed E-state index contributed by atoms with van der Waals surface area (Å²) >= 11 is 0. The first-order valence-corrected chi connectivity index (χ1v) is 16.4. The second-order valence-electron chi connectivity index (χ2n) is 12.2. The summed E-state index contributed by atoms with van der Waals surface area (Å²) in [4.78, 5) is 35.0. The molecule has 1 aliphatic heterocycles. The maximum Gasteiger partial charge on any atom is 0.331 e. The zero-order chi connectivity index (χ0) is 35.2. The molecule has 4 aromatic carbocycles. The highest BCUT2D eigenvalue weighted by Crippen LogP contribution is 2.41. The highest BCUT2D eigenvalue weighted by Gasteiger charge is 2.48. The predicted molar refractivity (Wildman–Crippen MR) is 189 cm³/mol. The van der Waals surface area contributed by atoms with E-state index in [1.165, 1.54) is 0 Å². The van der Waals surface area contributed by atoms with Crippen molar-refractivity contribution >= 4 is 18.2 Å². The summed E-state index contributed by atoms with van der Waals surface area (Å²) in [6, 6.07) is 33.5. The number of hydrogen-bond acceptors (Lipinski definition) is 9. The van der Waals surface area contributed by atoms with Gasteiger partial charge < -0.3 is 18.9 Å². The van der Waals surface area contributed by atoms with E-state index in [0.717, 1.165) is 33.8 Å². The summed E-state index contributed by atoms with van der Waals surface area (Å²) in [7, 11) is 3.26. The first-order chi connectivity index (χ1) is 23.7. The van der Waals surface area contributed by atoms with Gasteiger partial charge in [-0.3, -0.25) is 14.6 Å². The fourth-order valence-electron chi connectivity index (χ4n) is 4.94. The molecule has 0 N–H and O–H groups in total. The Morgan fingerprint density at radius 2 is 1.18 bits per heavy atom. The van der Waals surface area contributed by atoms with Crippen molar-refractivity contribution < 1.29 is 33.4 Å². The second-order valence-corrected chi connectivity index (χ2v) is 12.2. The lowest BCUT2D eigenvalue weighted by molar-refractivity contribution is -0.153. The molecule has 5 rings (SSSR count). The third-order valence-corrected chi connectivity index (χ3v) is 7.78. The molecular formula is C40H46N2O7. The predicted octanol–water partition coefficient (Wildman–Crippen LogP) is 7.59. The van der Waals surface area contributed by atoms with Gasteiger partial charge in [-0.25, -0.2) is 4.79 Å². The fraction of sp³-hybridized carbons (Fsp3) is 0.325. The van der Waals surface area contributed by atoms with Gasteiger partial charge in [0, 0.05) is 6.21 Å². The molecule has 1 aliphatic rings. The number of hydroxylamine groups is 2. The van der Waals surface area contributed by atoms with Gasteiger partial charge in [-0.15, -0.1) is 5.06 Å². The monoisotopic (exact) mass is 666 g/mol. The van der Waals surface area contributed by atoms with Gasteiger partial charge in [0.15, 0.2) is 6.23 Å². The minimum absolute atomic E-state index is 0.0581. The van der Waals surface area contributed by atoms with Gasteiger partial charge in [-0.1, -0.05) is 100 Å². The van der Waals surface area contributed by atoms with E-state index in [2.05, 4.69) is 4.99 Å². The highest BCUT2D eigenvalue weighted by atomic mass is 16.8. The average Bonchev–Trinajstić information content (AvgIpc) is 3.91. The van der Waals surface area contributed by atoms with Crippen LogP contribution in [0.25, 0.3) is 0 Å². The molecule has 2 unspecified atom stereocenters. The lowest BCUT2D eigenvalue weighted by atomic mass is 10.0. The molecular weight excluding hydrogens is 620 g/mol. The maximum atomic E-state index is 12.6. The zero-order valence-corrected chi connectivity index (χ0v) is 29.0. The van der Waals surface area contributed by atoms with Crippen LogP contribution in [-0.4, -0.2) is 49.5 Å². The largest absolute Gasteiger partial charge is 0.497 e. The van der Waals surface area contributed by atoms with Gasteiger partial charge in [-0.05, 0) is 70.5 Å². The van der Waals surface area contributed by atoms with Crippen molar-refractivity contribution in [2.75, 3.05) is 14.2 Å². The van der Waals surface area contributed by atoms with E-state index >= 15 is 0 Å². The summed E-state index contributed by atoms with van der Waals surface area (Å²) in [6.07, 6.45) is 1.48. The molecule has 0 spiro atoms. The van der Waals surface area contributed by atoms with Gasteiger partial charge in [0.1, 0.15) is 36.8 Å². The Morgan fingerprint density at radius 3 is 1.65 bits per heavy atom. The van der Waals surface area contributed by atoms with Crippen LogP contribution in [0.1, 0.15) is 56.2 Å². The summed E-state index contributed by atoms with van der Waals surface area (Å²) in [6.45, 7) is 8.42. The maximum absolute atomic E-state index is 12.6. The molecule has 258 valence electrons. The van der Waals surface area contributed by atoms with Crippen molar-refractivity contribution in [2.45, 2.75) is 59.2 Å². The van der Waals surface area contributed by atoms with Crippen molar-refractivity contribution in [3.05, 3.63) is 131 Å². The Kier molecular flexibility index (Phi) is 13.9. The number of aliphatic imine (C=N–C) groups is 1. The van der Waals surface area contributed by atoms with Crippen LogP contribution >= 0.6 is 0 Å². The molecule has 0 radical (unpaired) electrons. The minimum Gasteiger partial charge on any atom is -0.497 e. The van der Waals surface area contributed by atoms with Crippen molar-refractivity contribution in [3.8, 4) is 11.5 Å². The van der Waals surface area contributed by atoms with E-state index in [4.69, 9.17) is 23.8 Å². The number of hydrogen-bond donors (Lipinski definition) is 0. The summed E-state index contributed by atoms with van der Waals surface area (Å²) < 4.78 is 21.2. The lowest BCUT2D eigenvalue weighted by Crippen LogP contribution is -2.35. The van der Waals surface area contributed by atoms with E-state index in [0.29, 0.717) is 0 Å². The molecule has 1 fully saturated rings. The van der Waals surface area contributed by atoms with E-state index in [1.54, 1.807) is 25.5 Å². The topological polar surface area (TPSA) is 99.0 Å². The molecule has 49 heavy (non-hydrogen) atoms. The van der Waals surface area contributed by atoms with Crippen LogP contribution in [0.4, 0.5) is 0 Å². The summed E-state index contributed by atoms with van der Waals surface area (Å²) in [5.41, 5.74) is 3.84. The standard InChI is InChI=1S/C20H23NO4.C20H23NO3/c1-14(2)18(20(22)24-13-15-7-5-4-6-8-15)21-19(25-21)16-9-11-17(23-3)12-10-16;1-15(2)19(20(22)24-14-17-7-5-4-6-8-17)21-13-16-9-11-18(23-3)12-10-16/h4-12,14,18-19H,13H2,1-3H3;4-13,15,19H,14H2,1-3H3/t18-,19?,21?;19-/m00/s1. The van der Waals surface area contributed by atoms with Gasteiger partial charge in [0.05, 0.1) is 14.2 Å². The third kappa shape index (κ3) is 11.3. The van der Waals surface area contributed by atoms with Gasteiger partial charge >= 0.3 is 11.9 Å². The summed E-state index contributed by atoms with van der Waals surface area (Å²) in [5.74, 6) is 1.14. The van der Waals surface area contributed by atoms with Crippen LogP contribution in [0.15, 0.2) is 114 Å². The number of nitrogens with zero attached hydrogens (tertiary/aromatic N) is 2. The van der Waals surface area contributed by atoms with Crippen LogP contribution < -0.4 is 9.47 Å². The first kappa shape index (κ1) is 36.8. The average molecular weight is 667 g/mol. The van der Waals surface area contributed by atoms with Crippen LogP contribution in [0.2, 0.25) is 0 Å². The van der Waals surface area contributed by atoms with Crippen molar-refractivity contribution in [1.82, 2.24) is 5.06 Å². The summed E-state index contributed by atoms with van der Waals surface area (Å²) in [5, 5.41) is 1.71. The highest BCUT2D eigenvalue weighted by molar-refractivity contribution is 5.84. The molecule has 4 aromatic rings. The SMILES string of the molecule is COc1ccc(C2ON2[C@H](C(=O)OCc2ccccc2)C(C)C)cc1.COc1ccc(C=N[C@H](C(=O)OCc2ccccc2)C(C)C)cc1. The molecule has 0 aliphatic carbocycles. The number of carbonyl (C=O) groups excluding carboxylic acids is 2. The Hall–Kier alpha value is -4.99. The third-order valence-electron chi connectivity index (χ3n) is 7.78. The van der Waals surface area contributed by atoms with Crippen LogP contribution in [0.5, 0.6) is 11.5 Å². The quantitative estimate of drug-likeness (QED) is 0.0772. The van der Waals surface area contributed by atoms with E-state index in [1.807, 2.05) is 137 Å². The van der Waals surface area contributed by atoms with Gasteiger partial charge in [0.2, 0.25) is 0 Å². The number of rotatable bonds is 14. The van der Waals surface area contributed by atoms with Crippen LogP contribution in [0, 0.1) is 11.8 Å². The molecule has 9 nitrogen and oxygen atoms in total. The Bertz CT molecular complexity index is 1610. The molecule has 0 bridgehead atoms. The second kappa shape index (κ2) is 18.5. The van der Waals surface area contributed by atoms with Crippen LogP contribution in [-0.2, 0) is 37.1 Å². The number of ether oxygens (including phenoxy) is 4. The number of carbonyl (C=O) groups is 2. The number of methoxy groups -OCH3 is 2. The lowest BCUT2D eigenvalue weighted by Gasteiger charge is -2.18. The molecule has 9 heteroatoms. The minimum atomic E-state index is -0.518. The number of benzene rings is 4. The Labute approximate surface area is 289 Å². The molecule has 1 saturated heterocycles. The van der Waals surface area contributed by atoms with E-state index < -0.39 is 12.1 Å². The molecule has 0 aromatic heterocycles. The zero-order valence-electron chi connectivity index (χ0n) is 29.0. The molecule has 0 saturated carbocycles. The van der Waals surface area contributed by atoms with Crippen LogP contribution in [0.3, 0.4) is 0 Å². The normalized spacial score (nSPS) is 16.3. The smallest absolute Gasteiger partial charge is 0.331 e. The van der Waals surface area contributed by atoms with E-state index in [-0.39, 0.29) is 43.2 Å². The molecule has 0 amide bonds. The molecule has 4 atom stereocenters. The van der Waals surface area contributed by atoms with Gasteiger partial charge in [0.25, 0.3) is 0 Å². The fourth-order valence-corrected chi connectivity index (χ4v) is 4.94. The van der Waals surface area contributed by atoms with Gasteiger partial charge in [-0.2, -0.15) is 0 Å². The number of esters is 2. The van der Waals surface area contributed by atoms with Crippen molar-refractivity contribution in [3.63, 3.8) is 0 Å². The first-order valence-electron chi connectivity index (χ1n) is 16.4. The Balaban J connectivity index is 0.000000221. The Morgan fingerprint density at radius 1 is 0.694 bits per heavy atom. The van der Waals surface area contributed by atoms with Crippen molar-refractivity contribution in [2.24, 2.45) is 16.8 Å². The van der Waals surface area contributed by atoms with E-state index in [9.17, 15) is 9.59 Å². The van der Waals surface area contributed by atoms with Crippen molar-refractivity contribution in [1.29, 1.82) is 0 Å². The molecule has 1 heterocycles.